The molecule has 7 heteroatoms. The molecule has 0 saturated carbocycles. The Labute approximate surface area is 202 Å². The Kier molecular flexibility index (Phi) is 7.34. The second-order valence-corrected chi connectivity index (χ2v) is 8.47. The molecule has 180 valence electrons. The lowest BCUT2D eigenvalue weighted by Gasteiger charge is -2.31. The van der Waals surface area contributed by atoms with E-state index in [0.29, 0.717) is 29.0 Å². The van der Waals surface area contributed by atoms with Gasteiger partial charge in [-0.25, -0.2) is 13.8 Å². The van der Waals surface area contributed by atoms with Crippen LogP contribution in [0.15, 0.2) is 77.6 Å². The maximum absolute atomic E-state index is 14.6. The van der Waals surface area contributed by atoms with Gasteiger partial charge in [0.2, 0.25) is 0 Å². The van der Waals surface area contributed by atoms with Gasteiger partial charge in [-0.1, -0.05) is 44.0 Å². The lowest BCUT2D eigenvalue weighted by atomic mass is 10.1. The van der Waals surface area contributed by atoms with Gasteiger partial charge in [0.25, 0.3) is 11.5 Å². The summed E-state index contributed by atoms with van der Waals surface area (Å²) in [5, 5.41) is 0.408. The summed E-state index contributed by atoms with van der Waals surface area (Å²) in [6.07, 6.45) is 2.56. The van der Waals surface area contributed by atoms with E-state index in [1.807, 2.05) is 0 Å². The van der Waals surface area contributed by atoms with Gasteiger partial charge in [-0.15, -0.1) is 0 Å². The van der Waals surface area contributed by atoms with Crippen LogP contribution in [-0.4, -0.2) is 26.9 Å². The van der Waals surface area contributed by atoms with Crippen LogP contribution in [0.1, 0.15) is 55.3 Å². The molecule has 1 unspecified atom stereocenters. The number of nitrogens with zero attached hydrogens (tertiary/aromatic N) is 3. The van der Waals surface area contributed by atoms with Gasteiger partial charge in [0.1, 0.15) is 17.5 Å². The molecule has 0 fully saturated rings. The van der Waals surface area contributed by atoms with Crippen molar-refractivity contribution in [3.8, 4) is 5.69 Å². The number of benzene rings is 3. The second kappa shape index (κ2) is 10.6. The van der Waals surface area contributed by atoms with Crippen molar-refractivity contribution in [3.63, 3.8) is 0 Å². The highest BCUT2D eigenvalue weighted by Gasteiger charge is 2.28. The Balaban J connectivity index is 1.89. The highest BCUT2D eigenvalue weighted by atomic mass is 19.1. The summed E-state index contributed by atoms with van der Waals surface area (Å²) >= 11 is 0. The van der Waals surface area contributed by atoms with Crippen LogP contribution < -0.4 is 5.56 Å². The fraction of sp³-hybridized carbons (Fsp3) is 0.250. The van der Waals surface area contributed by atoms with Gasteiger partial charge in [0, 0.05) is 6.54 Å². The van der Waals surface area contributed by atoms with E-state index < -0.39 is 23.6 Å². The maximum atomic E-state index is 14.6. The summed E-state index contributed by atoms with van der Waals surface area (Å²) in [4.78, 5) is 33.4. The zero-order valence-electron chi connectivity index (χ0n) is 19.7. The number of carbonyl (C=O) groups is 1. The number of unbranched alkanes of at least 4 members (excludes halogenated alkanes) is 2. The van der Waals surface area contributed by atoms with E-state index in [4.69, 9.17) is 4.98 Å². The van der Waals surface area contributed by atoms with Crippen molar-refractivity contribution in [3.05, 3.63) is 106 Å². The minimum Gasteiger partial charge on any atom is -0.329 e. The second-order valence-electron chi connectivity index (χ2n) is 8.47. The molecule has 0 saturated heterocycles. The normalized spacial score (nSPS) is 12.0. The smallest absolute Gasteiger partial charge is 0.266 e. The van der Waals surface area contributed by atoms with E-state index in [0.717, 1.165) is 19.3 Å². The molecule has 0 aliphatic carbocycles. The van der Waals surface area contributed by atoms with Gasteiger partial charge in [-0.05, 0) is 61.9 Å². The van der Waals surface area contributed by atoms with Crippen LogP contribution in [0.3, 0.4) is 0 Å². The van der Waals surface area contributed by atoms with Crippen molar-refractivity contribution in [1.82, 2.24) is 14.5 Å². The Morgan fingerprint density at radius 2 is 1.66 bits per heavy atom. The fourth-order valence-corrected chi connectivity index (χ4v) is 4.20. The SMILES string of the molecule is CCCCCN(C(=O)c1ccccc1F)C(C)c1nc2ccccc2c(=O)n1-c1ccc(F)cc1. The quantitative estimate of drug-likeness (QED) is 0.291. The van der Waals surface area contributed by atoms with E-state index in [9.17, 15) is 18.4 Å². The van der Waals surface area contributed by atoms with E-state index in [1.165, 1.54) is 47.0 Å². The average Bonchev–Trinajstić information content (AvgIpc) is 2.87. The summed E-state index contributed by atoms with van der Waals surface area (Å²) in [5.41, 5.74) is 0.566. The molecule has 0 bridgehead atoms. The van der Waals surface area contributed by atoms with Gasteiger partial charge >= 0.3 is 0 Å². The van der Waals surface area contributed by atoms with Gasteiger partial charge in [0.05, 0.1) is 28.2 Å². The molecule has 5 nitrogen and oxygen atoms in total. The number of carbonyl (C=O) groups excluding carboxylic acids is 1. The van der Waals surface area contributed by atoms with Gasteiger partial charge in [-0.2, -0.15) is 0 Å². The Morgan fingerprint density at radius 3 is 2.37 bits per heavy atom. The van der Waals surface area contributed by atoms with E-state index >= 15 is 0 Å². The topological polar surface area (TPSA) is 55.2 Å². The summed E-state index contributed by atoms with van der Waals surface area (Å²) in [6.45, 7) is 4.21. The molecule has 0 radical (unpaired) electrons. The summed E-state index contributed by atoms with van der Waals surface area (Å²) < 4.78 is 29.6. The van der Waals surface area contributed by atoms with Crippen LogP contribution in [0.4, 0.5) is 8.78 Å². The molecule has 0 spiro atoms. The molecular formula is C28H27F2N3O2. The maximum Gasteiger partial charge on any atom is 0.266 e. The van der Waals surface area contributed by atoms with Crippen LogP contribution in [-0.2, 0) is 0 Å². The van der Waals surface area contributed by atoms with E-state index in [2.05, 4.69) is 6.92 Å². The van der Waals surface area contributed by atoms with Crippen molar-refractivity contribution < 1.29 is 13.6 Å². The summed E-state index contributed by atoms with van der Waals surface area (Å²) in [6, 6.07) is 17.7. The number of amides is 1. The fourth-order valence-electron chi connectivity index (χ4n) is 4.20. The average molecular weight is 476 g/mol. The first-order chi connectivity index (χ1) is 16.9. The molecule has 1 aromatic heterocycles. The first kappa shape index (κ1) is 24.3. The summed E-state index contributed by atoms with van der Waals surface area (Å²) in [5.74, 6) is -1.19. The van der Waals surface area contributed by atoms with Crippen molar-refractivity contribution >= 4 is 16.8 Å². The van der Waals surface area contributed by atoms with E-state index in [-0.39, 0.29) is 11.1 Å². The third-order valence-corrected chi connectivity index (χ3v) is 6.10. The van der Waals surface area contributed by atoms with Crippen LogP contribution >= 0.6 is 0 Å². The lowest BCUT2D eigenvalue weighted by molar-refractivity contribution is 0.0672. The van der Waals surface area contributed by atoms with Crippen molar-refractivity contribution in [1.29, 1.82) is 0 Å². The van der Waals surface area contributed by atoms with E-state index in [1.54, 1.807) is 42.2 Å². The van der Waals surface area contributed by atoms with Crippen LogP contribution in [0, 0.1) is 11.6 Å². The monoisotopic (exact) mass is 475 g/mol. The van der Waals surface area contributed by atoms with Gasteiger partial charge in [-0.3, -0.25) is 14.2 Å². The van der Waals surface area contributed by atoms with Crippen LogP contribution in [0.25, 0.3) is 16.6 Å². The standard InChI is InChI=1S/C28H27F2N3O2/c1-3-4-9-18-32(27(34)22-10-5-7-12-24(22)30)19(2)26-31-25-13-8-6-11-23(25)28(35)33(26)21-16-14-20(29)15-17-21/h5-8,10-17,19H,3-4,9,18H2,1-2H3. The molecule has 0 aliphatic rings. The van der Waals surface area contributed by atoms with Crippen LogP contribution in [0.5, 0.6) is 0 Å². The third-order valence-electron chi connectivity index (χ3n) is 6.10. The molecular weight excluding hydrogens is 448 g/mol. The molecule has 3 aromatic carbocycles. The van der Waals surface area contributed by atoms with Crippen molar-refractivity contribution in [2.24, 2.45) is 0 Å². The summed E-state index contributed by atoms with van der Waals surface area (Å²) in [7, 11) is 0. The number of aromatic nitrogens is 2. The molecule has 4 aromatic rings. The number of hydrogen-bond donors (Lipinski definition) is 0. The number of fused-ring (bicyclic) bond motifs is 1. The molecule has 1 amide bonds. The first-order valence-corrected chi connectivity index (χ1v) is 11.8. The number of hydrogen-bond acceptors (Lipinski definition) is 3. The predicted octanol–water partition coefficient (Wildman–Crippen LogP) is 6.06. The van der Waals surface area contributed by atoms with Crippen LogP contribution in [0.2, 0.25) is 0 Å². The Morgan fingerprint density at radius 1 is 0.971 bits per heavy atom. The predicted molar refractivity (Wildman–Crippen MR) is 133 cm³/mol. The molecule has 0 N–H and O–H groups in total. The third kappa shape index (κ3) is 4.99. The molecule has 35 heavy (non-hydrogen) atoms. The number of para-hydroxylation sites is 1. The number of halogens is 2. The largest absolute Gasteiger partial charge is 0.329 e. The number of rotatable bonds is 8. The van der Waals surface area contributed by atoms with Gasteiger partial charge < -0.3 is 4.90 Å². The zero-order valence-corrected chi connectivity index (χ0v) is 19.7. The highest BCUT2D eigenvalue weighted by Crippen LogP contribution is 2.26. The first-order valence-electron chi connectivity index (χ1n) is 11.8. The zero-order chi connectivity index (χ0) is 24.9. The minimum atomic E-state index is -0.665. The molecule has 0 aliphatic heterocycles. The van der Waals surface area contributed by atoms with Crippen molar-refractivity contribution in [2.75, 3.05) is 6.54 Å². The molecule has 1 heterocycles. The minimum absolute atomic E-state index is 0.0349. The Hall–Kier alpha value is -3.87. The molecule has 1 atom stereocenters. The molecule has 4 rings (SSSR count). The van der Waals surface area contributed by atoms with Crippen molar-refractivity contribution in [2.45, 2.75) is 39.2 Å². The lowest BCUT2D eigenvalue weighted by Crippen LogP contribution is -2.38. The highest BCUT2D eigenvalue weighted by molar-refractivity contribution is 5.94. The van der Waals surface area contributed by atoms with Gasteiger partial charge in [0.15, 0.2) is 0 Å². The Bertz CT molecular complexity index is 1400.